The molecule has 1 amide bonds. The van der Waals surface area contributed by atoms with Crippen LogP contribution in [0.5, 0.6) is 0 Å². The summed E-state index contributed by atoms with van der Waals surface area (Å²) in [4.78, 5) is 23.9. The van der Waals surface area contributed by atoms with Gasteiger partial charge in [-0.05, 0) is 31.2 Å². The van der Waals surface area contributed by atoms with Crippen LogP contribution in [0.1, 0.15) is 27.6 Å². The Balaban J connectivity index is 2.86. The standard InChI is InChI=1S/C12H15NO4/c1-8(7-14)13(2)11(15)9-3-5-10(6-4-9)12(16)17/h3-6,8,14H,7H2,1-2H3,(H,16,17). The highest BCUT2D eigenvalue weighted by Gasteiger charge is 2.16. The second-order valence-corrected chi connectivity index (χ2v) is 3.83. The lowest BCUT2D eigenvalue weighted by atomic mass is 10.1. The molecule has 0 heterocycles. The summed E-state index contributed by atoms with van der Waals surface area (Å²) in [5, 5.41) is 17.7. The zero-order valence-electron chi connectivity index (χ0n) is 9.75. The number of carbonyl (C=O) groups excluding carboxylic acids is 1. The molecule has 1 atom stereocenters. The van der Waals surface area contributed by atoms with Crippen LogP contribution in [0.25, 0.3) is 0 Å². The van der Waals surface area contributed by atoms with E-state index in [9.17, 15) is 9.59 Å². The van der Waals surface area contributed by atoms with Crippen LogP contribution >= 0.6 is 0 Å². The van der Waals surface area contributed by atoms with E-state index >= 15 is 0 Å². The zero-order valence-corrected chi connectivity index (χ0v) is 9.75. The molecule has 0 spiro atoms. The van der Waals surface area contributed by atoms with Crippen molar-refractivity contribution in [2.45, 2.75) is 13.0 Å². The van der Waals surface area contributed by atoms with Crippen LogP contribution in [-0.4, -0.2) is 46.7 Å². The van der Waals surface area contributed by atoms with Crippen molar-refractivity contribution < 1.29 is 19.8 Å². The third kappa shape index (κ3) is 3.04. The van der Waals surface area contributed by atoms with Crippen molar-refractivity contribution in [3.05, 3.63) is 35.4 Å². The zero-order chi connectivity index (χ0) is 13.0. The summed E-state index contributed by atoms with van der Waals surface area (Å²) < 4.78 is 0. The number of aromatic carboxylic acids is 1. The van der Waals surface area contributed by atoms with Gasteiger partial charge in [-0.15, -0.1) is 0 Å². The molecule has 0 aliphatic rings. The van der Waals surface area contributed by atoms with Gasteiger partial charge in [-0.1, -0.05) is 0 Å². The van der Waals surface area contributed by atoms with E-state index in [2.05, 4.69) is 0 Å². The molecular formula is C12H15NO4. The SMILES string of the molecule is CC(CO)N(C)C(=O)c1ccc(C(=O)O)cc1. The molecule has 92 valence electrons. The van der Waals surface area contributed by atoms with Gasteiger partial charge < -0.3 is 15.1 Å². The van der Waals surface area contributed by atoms with Crippen molar-refractivity contribution in [2.75, 3.05) is 13.7 Å². The number of hydrogen-bond donors (Lipinski definition) is 2. The lowest BCUT2D eigenvalue weighted by Gasteiger charge is -2.23. The molecule has 2 N–H and O–H groups in total. The molecule has 5 heteroatoms. The van der Waals surface area contributed by atoms with E-state index < -0.39 is 5.97 Å². The molecule has 0 radical (unpaired) electrons. The quantitative estimate of drug-likeness (QED) is 0.813. The number of aliphatic hydroxyl groups excluding tert-OH is 1. The molecule has 1 unspecified atom stereocenters. The second-order valence-electron chi connectivity index (χ2n) is 3.83. The Morgan fingerprint density at radius 1 is 1.24 bits per heavy atom. The van der Waals surface area contributed by atoms with Crippen LogP contribution < -0.4 is 0 Å². The normalized spacial score (nSPS) is 11.9. The second kappa shape index (κ2) is 5.45. The van der Waals surface area contributed by atoms with E-state index in [1.165, 1.54) is 29.2 Å². The number of amides is 1. The van der Waals surface area contributed by atoms with Crippen LogP contribution in [0.2, 0.25) is 0 Å². The van der Waals surface area contributed by atoms with Crippen LogP contribution in [0.4, 0.5) is 0 Å². The Morgan fingerprint density at radius 3 is 2.12 bits per heavy atom. The molecule has 0 saturated carbocycles. The molecule has 0 aliphatic carbocycles. The van der Waals surface area contributed by atoms with Crippen molar-refractivity contribution >= 4 is 11.9 Å². The van der Waals surface area contributed by atoms with E-state index in [4.69, 9.17) is 10.2 Å². The summed E-state index contributed by atoms with van der Waals surface area (Å²) in [7, 11) is 1.59. The number of likely N-dealkylation sites (N-methyl/N-ethyl adjacent to an activating group) is 1. The number of carboxylic acids is 1. The fourth-order valence-electron chi connectivity index (χ4n) is 1.28. The fraction of sp³-hybridized carbons (Fsp3) is 0.333. The average molecular weight is 237 g/mol. The lowest BCUT2D eigenvalue weighted by Crippen LogP contribution is -2.37. The Labute approximate surface area is 99.3 Å². The third-order valence-electron chi connectivity index (χ3n) is 2.62. The molecule has 0 fully saturated rings. The molecular weight excluding hydrogens is 222 g/mol. The van der Waals surface area contributed by atoms with Crippen molar-refractivity contribution in [1.29, 1.82) is 0 Å². The van der Waals surface area contributed by atoms with Gasteiger partial charge in [0.05, 0.1) is 18.2 Å². The number of carbonyl (C=O) groups is 2. The highest BCUT2D eigenvalue weighted by Crippen LogP contribution is 2.08. The van der Waals surface area contributed by atoms with E-state index in [0.29, 0.717) is 5.56 Å². The fourth-order valence-corrected chi connectivity index (χ4v) is 1.28. The summed E-state index contributed by atoms with van der Waals surface area (Å²) in [6.07, 6.45) is 0. The number of carboxylic acid groups (broad SMARTS) is 1. The minimum atomic E-state index is -1.03. The number of rotatable bonds is 4. The summed E-state index contributed by atoms with van der Waals surface area (Å²) in [6.45, 7) is 1.61. The topological polar surface area (TPSA) is 77.8 Å². The first kappa shape index (κ1) is 13.2. The summed E-state index contributed by atoms with van der Waals surface area (Å²) in [5.41, 5.74) is 0.539. The van der Waals surface area contributed by atoms with Gasteiger partial charge in [0.15, 0.2) is 0 Å². The van der Waals surface area contributed by atoms with Crippen LogP contribution in [0.3, 0.4) is 0 Å². The Hall–Kier alpha value is -1.88. The number of benzene rings is 1. The molecule has 17 heavy (non-hydrogen) atoms. The maximum absolute atomic E-state index is 11.9. The van der Waals surface area contributed by atoms with Gasteiger partial charge >= 0.3 is 5.97 Å². The Morgan fingerprint density at radius 2 is 1.71 bits per heavy atom. The predicted octanol–water partition coefficient (Wildman–Crippen LogP) is 0.838. The largest absolute Gasteiger partial charge is 0.478 e. The first-order valence-corrected chi connectivity index (χ1v) is 5.18. The Kier molecular flexibility index (Phi) is 4.23. The van der Waals surface area contributed by atoms with Crippen molar-refractivity contribution in [1.82, 2.24) is 4.90 Å². The van der Waals surface area contributed by atoms with Crippen molar-refractivity contribution in [3.63, 3.8) is 0 Å². The smallest absolute Gasteiger partial charge is 0.335 e. The first-order valence-electron chi connectivity index (χ1n) is 5.18. The predicted molar refractivity (Wildman–Crippen MR) is 62.0 cm³/mol. The van der Waals surface area contributed by atoms with Gasteiger partial charge in [-0.3, -0.25) is 4.79 Å². The van der Waals surface area contributed by atoms with E-state index in [0.717, 1.165) is 0 Å². The molecule has 0 bridgehead atoms. The minimum Gasteiger partial charge on any atom is -0.478 e. The number of nitrogens with zero attached hydrogens (tertiary/aromatic N) is 1. The maximum Gasteiger partial charge on any atom is 0.335 e. The van der Waals surface area contributed by atoms with Gasteiger partial charge in [0.2, 0.25) is 0 Å². The van der Waals surface area contributed by atoms with E-state index in [-0.39, 0.29) is 24.1 Å². The third-order valence-corrected chi connectivity index (χ3v) is 2.62. The van der Waals surface area contributed by atoms with Crippen LogP contribution in [0.15, 0.2) is 24.3 Å². The van der Waals surface area contributed by atoms with Gasteiger partial charge in [0.25, 0.3) is 5.91 Å². The first-order chi connectivity index (χ1) is 7.97. The summed E-state index contributed by atoms with van der Waals surface area (Å²) in [5.74, 6) is -1.27. The van der Waals surface area contributed by atoms with Gasteiger partial charge in [-0.2, -0.15) is 0 Å². The minimum absolute atomic E-state index is 0.116. The summed E-state index contributed by atoms with van der Waals surface area (Å²) in [6, 6.07) is 5.42. The van der Waals surface area contributed by atoms with E-state index in [1.54, 1.807) is 14.0 Å². The highest BCUT2D eigenvalue weighted by molar-refractivity contribution is 5.95. The molecule has 0 saturated heterocycles. The molecule has 1 rings (SSSR count). The van der Waals surface area contributed by atoms with Gasteiger partial charge in [-0.25, -0.2) is 4.79 Å². The Bertz CT molecular complexity index is 413. The lowest BCUT2D eigenvalue weighted by molar-refractivity contribution is 0.0675. The number of hydrogen-bond acceptors (Lipinski definition) is 3. The van der Waals surface area contributed by atoms with Crippen molar-refractivity contribution in [2.24, 2.45) is 0 Å². The average Bonchev–Trinajstić information content (AvgIpc) is 2.36. The summed E-state index contributed by atoms with van der Waals surface area (Å²) >= 11 is 0. The van der Waals surface area contributed by atoms with Crippen LogP contribution in [0, 0.1) is 0 Å². The highest BCUT2D eigenvalue weighted by atomic mass is 16.4. The molecule has 5 nitrogen and oxygen atoms in total. The van der Waals surface area contributed by atoms with Gasteiger partial charge in [0.1, 0.15) is 0 Å². The molecule has 1 aromatic rings. The number of aliphatic hydroxyl groups is 1. The molecule has 1 aromatic carbocycles. The monoisotopic (exact) mass is 237 g/mol. The maximum atomic E-state index is 11.9. The van der Waals surface area contributed by atoms with E-state index in [1.807, 2.05) is 0 Å². The molecule has 0 aromatic heterocycles. The molecule has 0 aliphatic heterocycles. The van der Waals surface area contributed by atoms with Gasteiger partial charge in [0, 0.05) is 12.6 Å². The van der Waals surface area contributed by atoms with Crippen molar-refractivity contribution in [3.8, 4) is 0 Å². The van der Waals surface area contributed by atoms with Crippen LogP contribution in [-0.2, 0) is 0 Å².